The maximum Gasteiger partial charge on any atom is 0.0165 e. The van der Waals surface area contributed by atoms with Crippen LogP contribution in [0.4, 0.5) is 0 Å². The third-order valence-corrected chi connectivity index (χ3v) is 3.89. The number of likely N-dealkylation sites (tertiary alicyclic amines) is 1. The van der Waals surface area contributed by atoms with Crippen molar-refractivity contribution >= 4 is 6.08 Å². The highest BCUT2D eigenvalue weighted by molar-refractivity contribution is 5.52. The van der Waals surface area contributed by atoms with Crippen LogP contribution < -0.4 is 5.32 Å². The minimum atomic E-state index is 0.995. The molecular formula is C18H28N2. The van der Waals surface area contributed by atoms with Crippen molar-refractivity contribution < 1.29 is 0 Å². The first kappa shape index (κ1) is 15.3. The van der Waals surface area contributed by atoms with Crippen LogP contribution in [-0.4, -0.2) is 37.6 Å². The molecule has 0 saturated carbocycles. The normalized spacial score (nSPS) is 17.4. The third kappa shape index (κ3) is 5.89. The second kappa shape index (κ2) is 8.93. The Morgan fingerprint density at radius 2 is 1.90 bits per heavy atom. The van der Waals surface area contributed by atoms with Gasteiger partial charge in [-0.05, 0) is 57.9 Å². The highest BCUT2D eigenvalue weighted by Crippen LogP contribution is 2.08. The van der Waals surface area contributed by atoms with Gasteiger partial charge in [-0.15, -0.1) is 0 Å². The van der Waals surface area contributed by atoms with Crippen LogP contribution in [0.1, 0.15) is 38.2 Å². The molecule has 0 aliphatic carbocycles. The Kier molecular flexibility index (Phi) is 6.82. The quantitative estimate of drug-likeness (QED) is 0.764. The van der Waals surface area contributed by atoms with Crippen molar-refractivity contribution in [1.29, 1.82) is 0 Å². The molecule has 0 aromatic heterocycles. The monoisotopic (exact) mass is 272 g/mol. The van der Waals surface area contributed by atoms with Gasteiger partial charge in [0.05, 0.1) is 0 Å². The summed E-state index contributed by atoms with van der Waals surface area (Å²) in [5.41, 5.74) is 2.69. The van der Waals surface area contributed by atoms with Gasteiger partial charge in [0.25, 0.3) is 0 Å². The van der Waals surface area contributed by atoms with Gasteiger partial charge in [0.2, 0.25) is 0 Å². The van der Waals surface area contributed by atoms with Gasteiger partial charge >= 0.3 is 0 Å². The number of nitrogens with zero attached hydrogens (tertiary/aromatic N) is 1. The van der Waals surface area contributed by atoms with E-state index in [9.17, 15) is 0 Å². The van der Waals surface area contributed by atoms with E-state index in [4.69, 9.17) is 0 Å². The Morgan fingerprint density at radius 3 is 2.65 bits per heavy atom. The summed E-state index contributed by atoms with van der Waals surface area (Å²) >= 11 is 0. The predicted molar refractivity (Wildman–Crippen MR) is 87.9 cm³/mol. The highest BCUT2D eigenvalue weighted by Gasteiger charge is 2.08. The van der Waals surface area contributed by atoms with Crippen molar-refractivity contribution in [2.24, 2.45) is 0 Å². The minimum absolute atomic E-state index is 0.995. The van der Waals surface area contributed by atoms with Crippen molar-refractivity contribution in [2.45, 2.75) is 32.6 Å². The standard InChI is InChI=1S/C18H28N2/c1-17(15-18-9-4-2-5-10-18)16-19-11-8-14-20-12-6-3-7-13-20/h2,4-5,9-10,15,19H,3,6-8,11-14,16H2,1H3/b17-15+. The fourth-order valence-corrected chi connectivity index (χ4v) is 2.78. The van der Waals surface area contributed by atoms with Crippen LogP contribution >= 0.6 is 0 Å². The van der Waals surface area contributed by atoms with E-state index in [0.717, 1.165) is 13.1 Å². The predicted octanol–water partition coefficient (Wildman–Crippen LogP) is 3.56. The Morgan fingerprint density at radius 1 is 1.15 bits per heavy atom. The summed E-state index contributed by atoms with van der Waals surface area (Å²) in [6.07, 6.45) is 7.74. The zero-order valence-electron chi connectivity index (χ0n) is 12.8. The number of rotatable bonds is 7. The van der Waals surface area contributed by atoms with Crippen LogP contribution in [0.15, 0.2) is 35.9 Å². The highest BCUT2D eigenvalue weighted by atomic mass is 15.1. The molecule has 110 valence electrons. The van der Waals surface area contributed by atoms with E-state index in [2.05, 4.69) is 53.5 Å². The molecule has 2 rings (SSSR count). The molecule has 1 aliphatic heterocycles. The van der Waals surface area contributed by atoms with Crippen molar-refractivity contribution in [3.05, 3.63) is 41.5 Å². The van der Waals surface area contributed by atoms with E-state index < -0.39 is 0 Å². The molecule has 2 nitrogen and oxygen atoms in total. The lowest BCUT2D eigenvalue weighted by molar-refractivity contribution is 0.226. The Bertz CT molecular complexity index is 391. The Balaban J connectivity index is 1.57. The number of benzene rings is 1. The molecule has 1 N–H and O–H groups in total. The average Bonchev–Trinajstić information content (AvgIpc) is 2.49. The Labute approximate surface area is 123 Å². The van der Waals surface area contributed by atoms with Crippen LogP contribution in [0.2, 0.25) is 0 Å². The van der Waals surface area contributed by atoms with Crippen molar-refractivity contribution in [3.8, 4) is 0 Å². The van der Waals surface area contributed by atoms with Crippen LogP contribution in [0.25, 0.3) is 6.08 Å². The number of hydrogen-bond acceptors (Lipinski definition) is 2. The second-order valence-corrected chi connectivity index (χ2v) is 5.83. The van der Waals surface area contributed by atoms with Gasteiger partial charge in [0.1, 0.15) is 0 Å². The summed E-state index contributed by atoms with van der Waals surface area (Å²) in [5, 5.41) is 3.55. The van der Waals surface area contributed by atoms with Crippen molar-refractivity contribution in [2.75, 3.05) is 32.7 Å². The van der Waals surface area contributed by atoms with Crippen molar-refractivity contribution in [3.63, 3.8) is 0 Å². The molecule has 1 aromatic carbocycles. The first-order valence-electron chi connectivity index (χ1n) is 8.00. The largest absolute Gasteiger partial charge is 0.313 e. The van der Waals surface area contributed by atoms with Crippen LogP contribution in [-0.2, 0) is 0 Å². The van der Waals surface area contributed by atoms with Gasteiger partial charge < -0.3 is 10.2 Å². The van der Waals surface area contributed by atoms with Crippen LogP contribution in [0, 0.1) is 0 Å². The SMILES string of the molecule is C/C(=C\c1ccccc1)CNCCCN1CCCCC1. The summed E-state index contributed by atoms with van der Waals surface area (Å²) in [6.45, 7) is 8.20. The topological polar surface area (TPSA) is 15.3 Å². The van der Waals surface area contributed by atoms with E-state index in [1.807, 2.05) is 0 Å². The molecule has 1 aliphatic rings. The van der Waals surface area contributed by atoms with E-state index in [1.54, 1.807) is 0 Å². The fraction of sp³-hybridized carbons (Fsp3) is 0.556. The molecule has 0 bridgehead atoms. The zero-order valence-corrected chi connectivity index (χ0v) is 12.8. The first-order valence-corrected chi connectivity index (χ1v) is 8.00. The molecule has 1 fully saturated rings. The van der Waals surface area contributed by atoms with E-state index in [0.29, 0.717) is 0 Å². The minimum Gasteiger partial charge on any atom is -0.313 e. The average molecular weight is 272 g/mol. The van der Waals surface area contributed by atoms with E-state index in [-0.39, 0.29) is 0 Å². The number of piperidine rings is 1. The molecule has 0 amide bonds. The van der Waals surface area contributed by atoms with Gasteiger partial charge in [-0.3, -0.25) is 0 Å². The van der Waals surface area contributed by atoms with Crippen LogP contribution in [0.5, 0.6) is 0 Å². The van der Waals surface area contributed by atoms with E-state index in [1.165, 1.54) is 56.5 Å². The summed E-state index contributed by atoms with van der Waals surface area (Å²) in [4.78, 5) is 2.61. The molecule has 0 radical (unpaired) electrons. The van der Waals surface area contributed by atoms with Gasteiger partial charge in [-0.25, -0.2) is 0 Å². The fourth-order valence-electron chi connectivity index (χ4n) is 2.78. The summed E-state index contributed by atoms with van der Waals surface area (Å²) in [7, 11) is 0. The molecule has 1 aromatic rings. The lowest BCUT2D eigenvalue weighted by atomic mass is 10.1. The van der Waals surface area contributed by atoms with E-state index >= 15 is 0 Å². The lowest BCUT2D eigenvalue weighted by Gasteiger charge is -2.26. The number of nitrogens with one attached hydrogen (secondary N) is 1. The molecular weight excluding hydrogens is 244 g/mol. The maximum absolute atomic E-state index is 3.55. The van der Waals surface area contributed by atoms with Gasteiger partial charge in [0, 0.05) is 6.54 Å². The molecule has 0 spiro atoms. The number of hydrogen-bond donors (Lipinski definition) is 1. The van der Waals surface area contributed by atoms with Gasteiger partial charge in [-0.2, -0.15) is 0 Å². The second-order valence-electron chi connectivity index (χ2n) is 5.83. The first-order chi connectivity index (χ1) is 9.84. The van der Waals surface area contributed by atoms with Gasteiger partial charge in [0.15, 0.2) is 0 Å². The molecule has 0 unspecified atom stereocenters. The van der Waals surface area contributed by atoms with Crippen molar-refractivity contribution in [1.82, 2.24) is 10.2 Å². The zero-order chi connectivity index (χ0) is 14.0. The maximum atomic E-state index is 3.55. The van der Waals surface area contributed by atoms with Crippen LogP contribution in [0.3, 0.4) is 0 Å². The Hall–Kier alpha value is -1.12. The smallest absolute Gasteiger partial charge is 0.0165 e. The molecule has 20 heavy (non-hydrogen) atoms. The summed E-state index contributed by atoms with van der Waals surface area (Å²) in [6, 6.07) is 10.5. The molecule has 1 saturated heterocycles. The lowest BCUT2D eigenvalue weighted by Crippen LogP contribution is -2.32. The molecule has 0 atom stereocenters. The molecule has 1 heterocycles. The molecule has 2 heteroatoms. The summed E-state index contributed by atoms with van der Waals surface area (Å²) < 4.78 is 0. The van der Waals surface area contributed by atoms with Gasteiger partial charge in [-0.1, -0.05) is 48.4 Å². The third-order valence-electron chi connectivity index (χ3n) is 3.89. The summed E-state index contributed by atoms with van der Waals surface area (Å²) in [5.74, 6) is 0.